The molecule has 0 unspecified atom stereocenters. The first kappa shape index (κ1) is 17.9. The summed E-state index contributed by atoms with van der Waals surface area (Å²) in [4.78, 5) is 18.8. The normalized spacial score (nSPS) is 17.9. The van der Waals surface area contributed by atoms with Gasteiger partial charge in [-0.2, -0.15) is 5.10 Å². The molecular formula is C22H23N5O2. The Morgan fingerprint density at radius 3 is 2.69 bits per heavy atom. The summed E-state index contributed by atoms with van der Waals surface area (Å²) < 4.78 is 8.23. The molecule has 1 amide bonds. The molecular weight excluding hydrogens is 366 g/mol. The van der Waals surface area contributed by atoms with E-state index in [4.69, 9.17) is 15.6 Å². The van der Waals surface area contributed by atoms with Crippen LogP contribution in [0.15, 0.2) is 54.9 Å². The maximum Gasteiger partial charge on any atom is 0.272 e. The number of nitrogens with zero attached hydrogens (tertiary/aromatic N) is 4. The molecule has 1 saturated heterocycles. The molecule has 0 bridgehead atoms. The molecule has 1 aromatic carbocycles. The Hall–Kier alpha value is -3.19. The van der Waals surface area contributed by atoms with Gasteiger partial charge in [-0.1, -0.05) is 18.2 Å². The van der Waals surface area contributed by atoms with Gasteiger partial charge in [0, 0.05) is 31.2 Å². The number of likely N-dealkylation sites (tertiary alicyclic amines) is 1. The summed E-state index contributed by atoms with van der Waals surface area (Å²) in [5, 5.41) is 4.90. The van der Waals surface area contributed by atoms with E-state index in [0.717, 1.165) is 30.6 Å². The maximum atomic E-state index is 12.8. The summed E-state index contributed by atoms with van der Waals surface area (Å²) in [5.41, 5.74) is 9.60. The number of hydrogen-bond acceptors (Lipinski definition) is 5. The first-order chi connectivity index (χ1) is 14.1. The summed E-state index contributed by atoms with van der Waals surface area (Å²) in [6.45, 7) is 1.89. The van der Waals surface area contributed by atoms with Crippen molar-refractivity contribution in [2.45, 2.75) is 24.9 Å². The Morgan fingerprint density at radius 1 is 1.14 bits per heavy atom. The second-order valence-electron chi connectivity index (χ2n) is 7.64. The standard InChI is InChI=1S/C22H23N5O2/c23-17-6-10-24-19(14-17)21(28)26-11-8-22(9-12-26)20-16(7-13-29-22)15-27(25-20)18-4-2-1-3-5-18/h1-6,10,14-15H,7-9,11-13H2,(H2,23,24). The van der Waals surface area contributed by atoms with E-state index in [2.05, 4.69) is 11.2 Å². The second-order valence-corrected chi connectivity index (χ2v) is 7.64. The van der Waals surface area contributed by atoms with Crippen LogP contribution in [0.1, 0.15) is 34.6 Å². The molecule has 0 saturated carbocycles. The molecule has 7 heteroatoms. The molecule has 1 fully saturated rings. The number of hydrogen-bond donors (Lipinski definition) is 1. The Balaban J connectivity index is 1.38. The maximum absolute atomic E-state index is 12.8. The van der Waals surface area contributed by atoms with E-state index in [-0.39, 0.29) is 5.91 Å². The van der Waals surface area contributed by atoms with Gasteiger partial charge < -0.3 is 15.4 Å². The van der Waals surface area contributed by atoms with E-state index in [1.54, 1.807) is 18.3 Å². The molecule has 2 aliphatic rings. The zero-order valence-electron chi connectivity index (χ0n) is 16.1. The smallest absolute Gasteiger partial charge is 0.272 e. The number of ether oxygens (including phenoxy) is 1. The summed E-state index contributed by atoms with van der Waals surface area (Å²) in [7, 11) is 0. The minimum Gasteiger partial charge on any atom is -0.399 e. The van der Waals surface area contributed by atoms with Gasteiger partial charge in [-0.05, 0) is 49.1 Å². The van der Waals surface area contributed by atoms with E-state index < -0.39 is 5.60 Å². The average Bonchev–Trinajstić information content (AvgIpc) is 3.21. The van der Waals surface area contributed by atoms with Crippen LogP contribution in [0.4, 0.5) is 5.69 Å². The monoisotopic (exact) mass is 389 g/mol. The highest BCUT2D eigenvalue weighted by atomic mass is 16.5. The quantitative estimate of drug-likeness (QED) is 0.728. The van der Waals surface area contributed by atoms with Gasteiger partial charge in [-0.3, -0.25) is 9.78 Å². The lowest BCUT2D eigenvalue weighted by molar-refractivity contribution is -0.0963. The van der Waals surface area contributed by atoms with Crippen molar-refractivity contribution in [1.82, 2.24) is 19.7 Å². The van der Waals surface area contributed by atoms with Gasteiger partial charge in [-0.25, -0.2) is 4.68 Å². The fourth-order valence-electron chi connectivity index (χ4n) is 4.29. The van der Waals surface area contributed by atoms with E-state index in [1.165, 1.54) is 5.56 Å². The zero-order valence-corrected chi connectivity index (χ0v) is 16.1. The molecule has 2 aliphatic heterocycles. The molecule has 29 heavy (non-hydrogen) atoms. The number of fused-ring (bicyclic) bond motifs is 2. The van der Waals surface area contributed by atoms with Crippen LogP contribution < -0.4 is 5.73 Å². The number of nitrogens with two attached hydrogens (primary N) is 1. The molecule has 2 aromatic heterocycles. The first-order valence-corrected chi connectivity index (χ1v) is 9.94. The van der Waals surface area contributed by atoms with Crippen molar-refractivity contribution in [2.75, 3.05) is 25.4 Å². The summed E-state index contributed by atoms with van der Waals surface area (Å²) >= 11 is 0. The number of carbonyl (C=O) groups excluding carboxylic acids is 1. The number of para-hydroxylation sites is 1. The SMILES string of the molecule is Nc1ccnc(C(=O)N2CCC3(CC2)OCCc2cn(-c4ccccc4)nc23)c1. The van der Waals surface area contributed by atoms with Crippen molar-refractivity contribution in [3.8, 4) is 5.69 Å². The first-order valence-electron chi connectivity index (χ1n) is 9.94. The van der Waals surface area contributed by atoms with Gasteiger partial charge in [-0.15, -0.1) is 0 Å². The van der Waals surface area contributed by atoms with Crippen LogP contribution >= 0.6 is 0 Å². The van der Waals surface area contributed by atoms with Gasteiger partial charge >= 0.3 is 0 Å². The third-order valence-corrected chi connectivity index (χ3v) is 5.85. The number of aromatic nitrogens is 3. The largest absolute Gasteiger partial charge is 0.399 e. The Morgan fingerprint density at radius 2 is 1.93 bits per heavy atom. The minimum absolute atomic E-state index is 0.0852. The summed E-state index contributed by atoms with van der Waals surface area (Å²) in [6.07, 6.45) is 5.99. The fourth-order valence-corrected chi connectivity index (χ4v) is 4.29. The van der Waals surface area contributed by atoms with Crippen LogP contribution in [0.3, 0.4) is 0 Å². The molecule has 5 rings (SSSR count). The van der Waals surface area contributed by atoms with Crippen LogP contribution in [-0.2, 0) is 16.8 Å². The van der Waals surface area contributed by atoms with Crippen molar-refractivity contribution in [3.63, 3.8) is 0 Å². The number of pyridine rings is 1. The van der Waals surface area contributed by atoms with Crippen LogP contribution in [0.25, 0.3) is 5.69 Å². The van der Waals surface area contributed by atoms with Crippen molar-refractivity contribution < 1.29 is 9.53 Å². The highest BCUT2D eigenvalue weighted by Gasteiger charge is 2.44. The fraction of sp³-hybridized carbons (Fsp3) is 0.318. The van der Waals surface area contributed by atoms with Gasteiger partial charge in [0.05, 0.1) is 18.0 Å². The Labute approximate surface area is 169 Å². The number of anilines is 1. The van der Waals surface area contributed by atoms with Gasteiger partial charge in [0.2, 0.25) is 0 Å². The zero-order chi connectivity index (χ0) is 19.8. The van der Waals surface area contributed by atoms with Crippen molar-refractivity contribution in [2.24, 2.45) is 0 Å². The Bertz CT molecular complexity index is 1040. The van der Waals surface area contributed by atoms with Crippen molar-refractivity contribution in [3.05, 3.63) is 71.8 Å². The van der Waals surface area contributed by atoms with E-state index >= 15 is 0 Å². The molecule has 0 aliphatic carbocycles. The summed E-state index contributed by atoms with van der Waals surface area (Å²) in [6, 6.07) is 13.4. The summed E-state index contributed by atoms with van der Waals surface area (Å²) in [5.74, 6) is -0.0852. The molecule has 0 radical (unpaired) electrons. The number of amides is 1. The molecule has 2 N–H and O–H groups in total. The lowest BCUT2D eigenvalue weighted by atomic mass is 9.83. The highest BCUT2D eigenvalue weighted by molar-refractivity contribution is 5.93. The average molecular weight is 389 g/mol. The Kier molecular flexibility index (Phi) is 4.32. The lowest BCUT2D eigenvalue weighted by Crippen LogP contribution is -2.48. The van der Waals surface area contributed by atoms with Gasteiger partial charge in [0.1, 0.15) is 11.3 Å². The van der Waals surface area contributed by atoms with Crippen LogP contribution in [-0.4, -0.2) is 45.3 Å². The number of benzene rings is 1. The molecule has 3 aromatic rings. The minimum atomic E-state index is -0.423. The van der Waals surface area contributed by atoms with Crippen LogP contribution in [0.2, 0.25) is 0 Å². The number of carbonyl (C=O) groups is 1. The van der Waals surface area contributed by atoms with E-state index in [0.29, 0.717) is 31.1 Å². The second kappa shape index (κ2) is 7.00. The predicted octanol–water partition coefficient (Wildman–Crippen LogP) is 2.55. The van der Waals surface area contributed by atoms with Gasteiger partial charge in [0.15, 0.2) is 0 Å². The van der Waals surface area contributed by atoms with E-state index in [9.17, 15) is 4.79 Å². The highest BCUT2D eigenvalue weighted by Crippen LogP contribution is 2.41. The number of rotatable bonds is 2. The third kappa shape index (κ3) is 3.17. The predicted molar refractivity (Wildman–Crippen MR) is 109 cm³/mol. The molecule has 148 valence electrons. The third-order valence-electron chi connectivity index (χ3n) is 5.85. The number of piperidine rings is 1. The van der Waals surface area contributed by atoms with Crippen LogP contribution in [0.5, 0.6) is 0 Å². The lowest BCUT2D eigenvalue weighted by Gasteiger charge is -2.42. The molecule has 1 spiro atoms. The van der Waals surface area contributed by atoms with Crippen molar-refractivity contribution in [1.29, 1.82) is 0 Å². The molecule has 4 heterocycles. The topological polar surface area (TPSA) is 86.3 Å². The van der Waals surface area contributed by atoms with Crippen LogP contribution in [0, 0.1) is 0 Å². The number of nitrogen functional groups attached to an aromatic ring is 1. The molecule has 7 nitrogen and oxygen atoms in total. The molecule has 0 atom stereocenters. The van der Waals surface area contributed by atoms with Gasteiger partial charge in [0.25, 0.3) is 5.91 Å². The van der Waals surface area contributed by atoms with Crippen molar-refractivity contribution >= 4 is 11.6 Å². The van der Waals surface area contributed by atoms with E-state index in [1.807, 2.05) is 39.9 Å².